The lowest BCUT2D eigenvalue weighted by Crippen LogP contribution is -2.40. The second-order valence-electron chi connectivity index (χ2n) is 7.75. The fourth-order valence-corrected chi connectivity index (χ4v) is 4.56. The largest absolute Gasteiger partial charge is 0.497 e. The molecule has 0 aliphatic rings. The van der Waals surface area contributed by atoms with Crippen molar-refractivity contribution < 1.29 is 27.1 Å². The van der Waals surface area contributed by atoms with E-state index in [-0.39, 0.29) is 23.2 Å². The summed E-state index contributed by atoms with van der Waals surface area (Å²) in [6.45, 7) is 3.59. The van der Waals surface area contributed by atoms with E-state index in [1.807, 2.05) is 26.0 Å². The summed E-state index contributed by atoms with van der Waals surface area (Å²) in [6, 6.07) is 18.0. The van der Waals surface area contributed by atoms with Crippen LogP contribution in [0.15, 0.2) is 77.7 Å². The molecule has 0 saturated heterocycles. The minimum atomic E-state index is -4.11. The number of nitrogens with one attached hydrogen (secondary N) is 1. The highest BCUT2D eigenvalue weighted by molar-refractivity contribution is 7.92. The van der Waals surface area contributed by atoms with Gasteiger partial charge in [-0.05, 0) is 80.1 Å². The van der Waals surface area contributed by atoms with E-state index in [0.29, 0.717) is 5.75 Å². The van der Waals surface area contributed by atoms with Gasteiger partial charge in [-0.25, -0.2) is 12.8 Å². The number of carbonyl (C=O) groups is 1. The Morgan fingerprint density at radius 2 is 1.53 bits per heavy atom. The van der Waals surface area contributed by atoms with Crippen LogP contribution in [-0.4, -0.2) is 34.1 Å². The van der Waals surface area contributed by atoms with Crippen molar-refractivity contribution in [1.82, 2.24) is 5.32 Å². The molecular formula is C25H27FN2O5S. The molecule has 0 aromatic heterocycles. The van der Waals surface area contributed by atoms with Gasteiger partial charge in [0.2, 0.25) is 5.91 Å². The SMILES string of the molecule is COc1ccc(S(=O)(=O)N(CC(=O)NCc2ccc(OC(C)C)cc2)c2ccc(F)cc2)cc1. The highest BCUT2D eigenvalue weighted by Gasteiger charge is 2.27. The predicted octanol–water partition coefficient (Wildman–Crippen LogP) is 4.13. The van der Waals surface area contributed by atoms with Crippen molar-refractivity contribution in [1.29, 1.82) is 0 Å². The fraction of sp³-hybridized carbons (Fsp3) is 0.240. The maximum Gasteiger partial charge on any atom is 0.264 e. The summed E-state index contributed by atoms with van der Waals surface area (Å²) >= 11 is 0. The van der Waals surface area contributed by atoms with Gasteiger partial charge in [0.1, 0.15) is 23.9 Å². The van der Waals surface area contributed by atoms with Crippen LogP contribution in [0.3, 0.4) is 0 Å². The molecule has 9 heteroatoms. The highest BCUT2D eigenvalue weighted by Crippen LogP contribution is 2.25. The highest BCUT2D eigenvalue weighted by atomic mass is 32.2. The zero-order chi connectivity index (χ0) is 24.7. The van der Waals surface area contributed by atoms with E-state index in [2.05, 4.69) is 5.32 Å². The average molecular weight is 487 g/mol. The van der Waals surface area contributed by atoms with Crippen LogP contribution in [0.25, 0.3) is 0 Å². The van der Waals surface area contributed by atoms with E-state index in [0.717, 1.165) is 27.8 Å². The van der Waals surface area contributed by atoms with E-state index >= 15 is 0 Å². The summed E-state index contributed by atoms with van der Waals surface area (Å²) in [4.78, 5) is 12.7. The quantitative estimate of drug-likeness (QED) is 0.466. The average Bonchev–Trinajstić information content (AvgIpc) is 2.82. The molecule has 0 radical (unpaired) electrons. The summed E-state index contributed by atoms with van der Waals surface area (Å²) in [5, 5.41) is 2.73. The summed E-state index contributed by atoms with van der Waals surface area (Å²) in [6.07, 6.45) is 0.0515. The number of carbonyl (C=O) groups excluding carboxylic acids is 1. The Hall–Kier alpha value is -3.59. The molecule has 1 amide bonds. The Labute approximate surface area is 199 Å². The lowest BCUT2D eigenvalue weighted by atomic mass is 10.2. The Balaban J connectivity index is 1.77. The molecule has 3 aromatic carbocycles. The van der Waals surface area contributed by atoms with Gasteiger partial charge < -0.3 is 14.8 Å². The van der Waals surface area contributed by atoms with Gasteiger partial charge >= 0.3 is 0 Å². The first kappa shape index (κ1) is 25.0. The maximum atomic E-state index is 13.5. The normalized spacial score (nSPS) is 11.2. The lowest BCUT2D eigenvalue weighted by molar-refractivity contribution is -0.119. The monoisotopic (exact) mass is 486 g/mol. The number of rotatable bonds is 10. The molecule has 34 heavy (non-hydrogen) atoms. The van der Waals surface area contributed by atoms with Crippen molar-refractivity contribution in [2.45, 2.75) is 31.4 Å². The first-order chi connectivity index (χ1) is 16.2. The van der Waals surface area contributed by atoms with Gasteiger partial charge in [0.15, 0.2) is 0 Å². The lowest BCUT2D eigenvalue weighted by Gasteiger charge is -2.24. The second kappa shape index (κ2) is 11.0. The number of sulfonamides is 1. The molecule has 3 aromatic rings. The standard InChI is InChI=1S/C25H27FN2O5S/c1-18(2)33-23-10-4-19(5-11-23)16-27-25(29)17-28(21-8-6-20(26)7-9-21)34(30,31)24-14-12-22(32-3)13-15-24/h4-15,18H,16-17H2,1-3H3,(H,27,29). The van der Waals surface area contributed by atoms with Crippen molar-refractivity contribution >= 4 is 21.6 Å². The molecule has 0 atom stereocenters. The number of ether oxygens (including phenoxy) is 2. The molecule has 1 N–H and O–H groups in total. The minimum absolute atomic E-state index is 0.0221. The number of halogens is 1. The smallest absolute Gasteiger partial charge is 0.264 e. The Morgan fingerprint density at radius 1 is 0.941 bits per heavy atom. The van der Waals surface area contributed by atoms with Gasteiger partial charge in [-0.2, -0.15) is 0 Å². The third-order valence-corrected chi connectivity index (χ3v) is 6.62. The minimum Gasteiger partial charge on any atom is -0.497 e. The topological polar surface area (TPSA) is 84.9 Å². The van der Waals surface area contributed by atoms with Gasteiger partial charge in [-0.1, -0.05) is 12.1 Å². The number of anilines is 1. The third-order valence-electron chi connectivity index (χ3n) is 4.83. The van der Waals surface area contributed by atoms with Crippen molar-refractivity contribution in [3.05, 3.63) is 84.2 Å². The zero-order valence-corrected chi connectivity index (χ0v) is 20.0. The van der Waals surface area contributed by atoms with Crippen LogP contribution in [-0.2, 0) is 21.4 Å². The molecule has 3 rings (SSSR count). The van der Waals surface area contributed by atoms with Gasteiger partial charge in [0, 0.05) is 6.54 Å². The van der Waals surface area contributed by atoms with Crippen LogP contribution >= 0.6 is 0 Å². The summed E-state index contributed by atoms with van der Waals surface area (Å²) in [5.74, 6) is 0.191. The molecule has 0 spiro atoms. The Morgan fingerprint density at radius 3 is 2.09 bits per heavy atom. The molecule has 0 fully saturated rings. The van der Waals surface area contributed by atoms with E-state index < -0.39 is 28.3 Å². The molecule has 7 nitrogen and oxygen atoms in total. The van der Waals surface area contributed by atoms with Gasteiger partial charge in [0.05, 0.1) is 23.8 Å². The van der Waals surface area contributed by atoms with Crippen molar-refractivity contribution in [2.24, 2.45) is 0 Å². The second-order valence-corrected chi connectivity index (χ2v) is 9.61. The molecular weight excluding hydrogens is 459 g/mol. The molecule has 0 saturated carbocycles. The Bertz CT molecular complexity index is 1200. The van der Waals surface area contributed by atoms with Gasteiger partial charge in [0.25, 0.3) is 10.0 Å². The van der Waals surface area contributed by atoms with Crippen molar-refractivity contribution in [2.75, 3.05) is 18.0 Å². The molecule has 0 aliphatic heterocycles. The Kier molecular flexibility index (Phi) is 8.12. The first-order valence-corrected chi connectivity index (χ1v) is 12.1. The molecule has 180 valence electrons. The van der Waals surface area contributed by atoms with E-state index in [4.69, 9.17) is 9.47 Å². The van der Waals surface area contributed by atoms with Crippen LogP contribution in [0.4, 0.5) is 10.1 Å². The number of amides is 1. The van der Waals surface area contributed by atoms with E-state index in [1.54, 1.807) is 12.1 Å². The van der Waals surface area contributed by atoms with Crippen LogP contribution in [0.2, 0.25) is 0 Å². The number of hydrogen-bond donors (Lipinski definition) is 1. The van der Waals surface area contributed by atoms with Crippen LogP contribution in [0, 0.1) is 5.82 Å². The van der Waals surface area contributed by atoms with Crippen molar-refractivity contribution in [3.63, 3.8) is 0 Å². The van der Waals surface area contributed by atoms with E-state index in [9.17, 15) is 17.6 Å². The molecule has 0 unspecified atom stereocenters. The summed E-state index contributed by atoms with van der Waals surface area (Å²) in [7, 11) is -2.63. The third kappa shape index (κ3) is 6.48. The molecule has 0 heterocycles. The first-order valence-electron chi connectivity index (χ1n) is 10.6. The van der Waals surface area contributed by atoms with E-state index in [1.165, 1.54) is 43.5 Å². The summed E-state index contributed by atoms with van der Waals surface area (Å²) < 4.78 is 51.8. The van der Waals surface area contributed by atoms with Crippen LogP contribution in [0.1, 0.15) is 19.4 Å². The van der Waals surface area contributed by atoms with Crippen molar-refractivity contribution in [3.8, 4) is 11.5 Å². The van der Waals surface area contributed by atoms with Crippen LogP contribution in [0.5, 0.6) is 11.5 Å². The maximum absolute atomic E-state index is 13.5. The number of nitrogens with zero attached hydrogens (tertiary/aromatic N) is 1. The predicted molar refractivity (Wildman–Crippen MR) is 128 cm³/mol. The number of benzene rings is 3. The number of hydrogen-bond acceptors (Lipinski definition) is 5. The fourth-order valence-electron chi connectivity index (χ4n) is 3.14. The van der Waals surface area contributed by atoms with Crippen LogP contribution < -0.4 is 19.1 Å². The van der Waals surface area contributed by atoms with Gasteiger partial charge in [-0.3, -0.25) is 9.10 Å². The van der Waals surface area contributed by atoms with Gasteiger partial charge in [-0.15, -0.1) is 0 Å². The zero-order valence-electron chi connectivity index (χ0n) is 19.2. The number of methoxy groups -OCH3 is 1. The molecule has 0 aliphatic carbocycles. The summed E-state index contributed by atoms with van der Waals surface area (Å²) in [5.41, 5.74) is 0.998. The molecule has 0 bridgehead atoms.